The normalized spacial score (nSPS) is 18.8. The second-order valence-electron chi connectivity index (χ2n) is 6.34. The Morgan fingerprint density at radius 3 is 2.81 bits per heavy atom. The van der Waals surface area contributed by atoms with Gasteiger partial charge in [-0.05, 0) is 36.5 Å². The minimum absolute atomic E-state index is 0.272. The highest BCUT2D eigenvalue weighted by Gasteiger charge is 2.20. The highest BCUT2D eigenvalue weighted by Crippen LogP contribution is 2.27. The van der Waals surface area contributed by atoms with Crippen molar-refractivity contribution in [1.29, 1.82) is 0 Å². The van der Waals surface area contributed by atoms with Crippen LogP contribution in [0.2, 0.25) is 0 Å². The Labute approximate surface area is 127 Å². The zero-order valence-electron chi connectivity index (χ0n) is 12.9. The molecule has 1 aromatic rings. The van der Waals surface area contributed by atoms with E-state index in [1.807, 2.05) is 0 Å². The average Bonchev–Trinajstić information content (AvgIpc) is 3.00. The number of fused-ring (bicyclic) bond motifs is 1. The van der Waals surface area contributed by atoms with E-state index in [4.69, 9.17) is 4.74 Å². The Morgan fingerprint density at radius 1 is 1.14 bits per heavy atom. The molecule has 1 N–H and O–H groups in total. The van der Waals surface area contributed by atoms with Crippen molar-refractivity contribution in [3.8, 4) is 5.75 Å². The van der Waals surface area contributed by atoms with Crippen LogP contribution in [0.4, 0.5) is 0 Å². The molecule has 3 rings (SSSR count). The summed E-state index contributed by atoms with van der Waals surface area (Å²) < 4.78 is 5.57. The second-order valence-corrected chi connectivity index (χ2v) is 6.34. The summed E-state index contributed by atoms with van der Waals surface area (Å²) in [6, 6.07) is 7.31. The third-order valence-electron chi connectivity index (χ3n) is 4.92. The number of aliphatic hydroxyl groups excluding tert-OH is 1. The average molecular weight is 289 g/mol. The van der Waals surface area contributed by atoms with Gasteiger partial charge in [0.25, 0.3) is 0 Å². The molecule has 3 heteroatoms. The van der Waals surface area contributed by atoms with Gasteiger partial charge in [0.1, 0.15) is 5.75 Å². The van der Waals surface area contributed by atoms with Crippen molar-refractivity contribution in [2.45, 2.75) is 51.0 Å². The molecule has 3 nitrogen and oxygen atoms in total. The molecule has 1 heterocycles. The summed E-state index contributed by atoms with van der Waals surface area (Å²) in [5.41, 5.74) is 2.76. The van der Waals surface area contributed by atoms with E-state index in [0.29, 0.717) is 6.04 Å². The Hall–Kier alpha value is -1.06. The zero-order valence-corrected chi connectivity index (χ0v) is 12.9. The van der Waals surface area contributed by atoms with E-state index >= 15 is 0 Å². The van der Waals surface area contributed by atoms with Crippen molar-refractivity contribution < 1.29 is 9.84 Å². The Balaban J connectivity index is 1.58. The molecule has 0 amide bonds. The molecule has 0 unspecified atom stereocenters. The topological polar surface area (TPSA) is 32.7 Å². The van der Waals surface area contributed by atoms with Crippen LogP contribution in [-0.4, -0.2) is 42.4 Å². The van der Waals surface area contributed by atoms with Gasteiger partial charge < -0.3 is 9.84 Å². The third-order valence-corrected chi connectivity index (χ3v) is 4.92. The van der Waals surface area contributed by atoms with Crippen LogP contribution in [0.3, 0.4) is 0 Å². The van der Waals surface area contributed by atoms with Gasteiger partial charge >= 0.3 is 0 Å². The van der Waals surface area contributed by atoms with Gasteiger partial charge in [-0.1, -0.05) is 31.4 Å². The number of benzene rings is 1. The Morgan fingerprint density at radius 2 is 2.00 bits per heavy atom. The van der Waals surface area contributed by atoms with Gasteiger partial charge in [0, 0.05) is 25.6 Å². The number of aliphatic hydroxyl groups is 1. The fourth-order valence-electron chi connectivity index (χ4n) is 3.72. The molecular formula is C18H27NO2. The summed E-state index contributed by atoms with van der Waals surface area (Å²) in [7, 11) is 0. The molecule has 0 bridgehead atoms. The molecule has 0 spiro atoms. The maximum Gasteiger partial charge on any atom is 0.122 e. The lowest BCUT2D eigenvalue weighted by molar-refractivity contribution is 0.125. The van der Waals surface area contributed by atoms with Gasteiger partial charge in [-0.2, -0.15) is 0 Å². The van der Waals surface area contributed by atoms with Crippen molar-refractivity contribution in [3.63, 3.8) is 0 Å². The van der Waals surface area contributed by atoms with E-state index < -0.39 is 0 Å². The maximum absolute atomic E-state index is 9.33. The lowest BCUT2D eigenvalue weighted by atomic mass is 9.94. The molecule has 0 radical (unpaired) electrons. The molecule has 1 aliphatic heterocycles. The third kappa shape index (κ3) is 3.78. The minimum atomic E-state index is 0.272. The van der Waals surface area contributed by atoms with Gasteiger partial charge in [0.15, 0.2) is 0 Å². The smallest absolute Gasteiger partial charge is 0.122 e. The van der Waals surface area contributed by atoms with Crippen molar-refractivity contribution >= 4 is 0 Å². The summed E-state index contributed by atoms with van der Waals surface area (Å²) in [5.74, 6) is 1.07. The van der Waals surface area contributed by atoms with Crippen molar-refractivity contribution in [1.82, 2.24) is 4.90 Å². The van der Waals surface area contributed by atoms with Crippen LogP contribution < -0.4 is 4.74 Å². The first kappa shape index (κ1) is 14.9. The van der Waals surface area contributed by atoms with E-state index in [9.17, 15) is 5.11 Å². The van der Waals surface area contributed by atoms with E-state index in [1.165, 1.54) is 43.2 Å². The summed E-state index contributed by atoms with van der Waals surface area (Å²) in [5, 5.41) is 9.33. The van der Waals surface area contributed by atoms with E-state index in [1.54, 1.807) is 0 Å². The highest BCUT2D eigenvalue weighted by atomic mass is 16.5. The minimum Gasteiger partial charge on any atom is -0.493 e. The number of rotatable bonds is 6. The monoisotopic (exact) mass is 289 g/mol. The molecule has 2 aliphatic rings. The van der Waals surface area contributed by atoms with E-state index in [0.717, 1.165) is 38.3 Å². The first-order valence-electron chi connectivity index (χ1n) is 8.46. The fraction of sp³-hybridized carbons (Fsp3) is 0.667. The van der Waals surface area contributed by atoms with Crippen LogP contribution in [0.5, 0.6) is 5.75 Å². The number of ether oxygens (including phenoxy) is 1. The van der Waals surface area contributed by atoms with E-state index in [-0.39, 0.29) is 6.61 Å². The number of hydrogen-bond acceptors (Lipinski definition) is 3. The van der Waals surface area contributed by atoms with Gasteiger partial charge in [-0.25, -0.2) is 0 Å². The quantitative estimate of drug-likeness (QED) is 0.874. The van der Waals surface area contributed by atoms with Crippen LogP contribution >= 0.6 is 0 Å². The molecule has 1 fully saturated rings. The number of nitrogens with zero attached hydrogens (tertiary/aromatic N) is 1. The maximum atomic E-state index is 9.33. The first-order valence-corrected chi connectivity index (χ1v) is 8.46. The molecule has 116 valence electrons. The van der Waals surface area contributed by atoms with Gasteiger partial charge in [-0.3, -0.25) is 4.90 Å². The molecule has 1 aliphatic carbocycles. The molecule has 1 aromatic carbocycles. The van der Waals surface area contributed by atoms with Gasteiger partial charge in [0.2, 0.25) is 0 Å². The fourth-order valence-corrected chi connectivity index (χ4v) is 3.72. The summed E-state index contributed by atoms with van der Waals surface area (Å²) in [6.45, 7) is 2.98. The van der Waals surface area contributed by atoms with Crippen molar-refractivity contribution in [3.05, 3.63) is 29.3 Å². The van der Waals surface area contributed by atoms with Gasteiger partial charge in [0.05, 0.1) is 13.2 Å². The van der Waals surface area contributed by atoms with Crippen molar-refractivity contribution in [2.24, 2.45) is 0 Å². The molecule has 21 heavy (non-hydrogen) atoms. The number of hydrogen-bond donors (Lipinski definition) is 1. The predicted molar refractivity (Wildman–Crippen MR) is 84.9 cm³/mol. The lowest BCUT2D eigenvalue weighted by Crippen LogP contribution is -2.40. The Bertz CT molecular complexity index is 455. The second kappa shape index (κ2) is 7.28. The van der Waals surface area contributed by atoms with Crippen LogP contribution in [-0.2, 0) is 12.8 Å². The summed E-state index contributed by atoms with van der Waals surface area (Å²) >= 11 is 0. The van der Waals surface area contributed by atoms with Crippen LogP contribution in [0.25, 0.3) is 0 Å². The predicted octanol–water partition coefficient (Wildman–Crippen LogP) is 2.79. The van der Waals surface area contributed by atoms with Crippen LogP contribution in [0, 0.1) is 0 Å². The molecule has 0 aromatic heterocycles. The zero-order chi connectivity index (χ0) is 14.5. The standard InChI is InChI=1S/C18H27NO2/c20-12-11-19(17-4-2-1-3-5-17)10-8-15-6-7-18-16(14-15)9-13-21-18/h6-7,14,17,20H,1-5,8-13H2. The Kier molecular flexibility index (Phi) is 5.15. The van der Waals surface area contributed by atoms with E-state index in [2.05, 4.69) is 23.1 Å². The largest absolute Gasteiger partial charge is 0.493 e. The van der Waals surface area contributed by atoms with Crippen molar-refractivity contribution in [2.75, 3.05) is 26.3 Å². The molecule has 1 saturated carbocycles. The van der Waals surface area contributed by atoms with Gasteiger partial charge in [-0.15, -0.1) is 0 Å². The summed E-state index contributed by atoms with van der Waals surface area (Å²) in [6.07, 6.45) is 8.81. The molecule has 0 saturated heterocycles. The van der Waals surface area contributed by atoms with Crippen LogP contribution in [0.15, 0.2) is 18.2 Å². The first-order chi connectivity index (χ1) is 10.4. The SMILES string of the molecule is OCCN(CCc1ccc2c(c1)CCO2)C1CCCCC1. The highest BCUT2D eigenvalue weighted by molar-refractivity contribution is 5.39. The van der Waals surface area contributed by atoms with Crippen LogP contribution in [0.1, 0.15) is 43.2 Å². The summed E-state index contributed by atoms with van der Waals surface area (Å²) in [4.78, 5) is 2.50. The lowest BCUT2D eigenvalue weighted by Gasteiger charge is -2.34. The molecular weight excluding hydrogens is 262 g/mol. The molecule has 0 atom stereocenters.